The van der Waals surface area contributed by atoms with Gasteiger partial charge in [0, 0.05) is 42.2 Å². The van der Waals surface area contributed by atoms with Gasteiger partial charge in [-0.3, -0.25) is 9.59 Å². The van der Waals surface area contributed by atoms with E-state index < -0.39 is 5.97 Å². The summed E-state index contributed by atoms with van der Waals surface area (Å²) in [5.74, 6) is -0.696. The Bertz CT molecular complexity index is 1520. The van der Waals surface area contributed by atoms with Crippen molar-refractivity contribution in [2.24, 2.45) is 5.92 Å². The third-order valence-corrected chi connectivity index (χ3v) is 8.12. The first kappa shape index (κ1) is 28.9. The number of nitrogens with one attached hydrogen (secondary N) is 1. The predicted molar refractivity (Wildman–Crippen MR) is 168 cm³/mol. The zero-order valence-electron chi connectivity index (χ0n) is 24.1. The van der Waals surface area contributed by atoms with Crippen molar-refractivity contribution in [1.29, 1.82) is 0 Å². The molecule has 42 heavy (non-hydrogen) atoms. The number of benzene rings is 3. The maximum Gasteiger partial charge on any atom is 0.305 e. The lowest BCUT2D eigenvalue weighted by molar-refractivity contribution is -0.137. The minimum atomic E-state index is -0.923. The first-order valence-corrected chi connectivity index (χ1v) is 14.7. The van der Waals surface area contributed by atoms with Crippen LogP contribution in [0.3, 0.4) is 0 Å². The molecule has 0 saturated heterocycles. The second-order valence-corrected chi connectivity index (χ2v) is 11.0. The van der Waals surface area contributed by atoms with Crippen molar-refractivity contribution in [3.05, 3.63) is 108 Å². The number of carboxylic acids is 1. The molecule has 2 N–H and O–H groups in total. The van der Waals surface area contributed by atoms with Gasteiger partial charge in [0.05, 0.1) is 23.8 Å². The molecule has 0 spiro atoms. The lowest BCUT2D eigenvalue weighted by Crippen LogP contribution is -2.29. The quantitative estimate of drug-likeness (QED) is 0.198. The van der Waals surface area contributed by atoms with Gasteiger partial charge in [0.1, 0.15) is 0 Å². The van der Waals surface area contributed by atoms with E-state index in [4.69, 9.17) is 10.2 Å². The molecule has 1 atom stereocenters. The molecule has 216 valence electrons. The normalized spacial score (nSPS) is 14.2. The van der Waals surface area contributed by atoms with Gasteiger partial charge < -0.3 is 15.3 Å². The molecule has 1 fully saturated rings. The summed E-state index contributed by atoms with van der Waals surface area (Å²) in [6.45, 7) is 4.22. The van der Waals surface area contributed by atoms with Gasteiger partial charge in [0.25, 0.3) is 5.91 Å². The predicted octanol–water partition coefficient (Wildman–Crippen LogP) is 7.46. The van der Waals surface area contributed by atoms with Gasteiger partial charge in [-0.1, -0.05) is 74.4 Å². The molecule has 1 aliphatic rings. The molecular formula is C35H38N4O3. The van der Waals surface area contributed by atoms with Gasteiger partial charge in [-0.2, -0.15) is 5.10 Å². The molecule has 1 heterocycles. The van der Waals surface area contributed by atoms with Crippen LogP contribution in [0.15, 0.2) is 91.6 Å². The van der Waals surface area contributed by atoms with Crippen LogP contribution < -0.4 is 5.32 Å². The molecule has 0 aliphatic heterocycles. The Labute approximate surface area is 247 Å². The van der Waals surface area contributed by atoms with Crippen molar-refractivity contribution in [2.45, 2.75) is 44.6 Å². The largest absolute Gasteiger partial charge is 0.481 e. The molecule has 7 nitrogen and oxygen atoms in total. The Morgan fingerprint density at radius 1 is 1.02 bits per heavy atom. The maximum atomic E-state index is 12.9. The number of rotatable bonds is 11. The fourth-order valence-corrected chi connectivity index (χ4v) is 5.82. The second-order valence-electron chi connectivity index (χ2n) is 11.0. The highest BCUT2D eigenvalue weighted by atomic mass is 16.4. The molecule has 1 saturated carbocycles. The summed E-state index contributed by atoms with van der Waals surface area (Å²) in [6, 6.07) is 25.9. The minimum absolute atomic E-state index is 0.00965. The Morgan fingerprint density at radius 3 is 2.40 bits per heavy atom. The van der Waals surface area contributed by atoms with Crippen molar-refractivity contribution in [1.82, 2.24) is 14.7 Å². The van der Waals surface area contributed by atoms with E-state index >= 15 is 0 Å². The number of amides is 1. The number of nitrogens with zero attached hydrogens (tertiary/aromatic N) is 3. The average molecular weight is 563 g/mol. The lowest BCUT2D eigenvalue weighted by atomic mass is 9.80. The van der Waals surface area contributed by atoms with Crippen molar-refractivity contribution < 1.29 is 14.7 Å². The van der Waals surface area contributed by atoms with Gasteiger partial charge in [-0.05, 0) is 60.7 Å². The van der Waals surface area contributed by atoms with E-state index in [-0.39, 0.29) is 24.9 Å². The number of carbonyl (C=O) groups excluding carboxylic acids is 1. The first-order valence-electron chi connectivity index (χ1n) is 14.7. The number of hydrogen-bond donors (Lipinski definition) is 2. The Hall–Kier alpha value is -4.65. The Balaban J connectivity index is 1.52. The van der Waals surface area contributed by atoms with Gasteiger partial charge in [0.15, 0.2) is 0 Å². The summed E-state index contributed by atoms with van der Waals surface area (Å²) >= 11 is 0. The number of carboxylic acid groups (broad SMARTS) is 1. The van der Waals surface area contributed by atoms with E-state index in [1.54, 1.807) is 19.2 Å². The fraction of sp³-hybridized carbons (Fsp3) is 0.286. The number of aliphatic carboxylic acids is 1. The summed E-state index contributed by atoms with van der Waals surface area (Å²) in [4.78, 5) is 25.2. The van der Waals surface area contributed by atoms with E-state index in [9.17, 15) is 9.59 Å². The Morgan fingerprint density at radius 2 is 1.71 bits per heavy atom. The molecule has 5 rings (SSSR count). The zero-order chi connectivity index (χ0) is 29.5. The van der Waals surface area contributed by atoms with Crippen LogP contribution in [0, 0.1) is 5.92 Å². The number of anilines is 1. The van der Waals surface area contributed by atoms with Crippen LogP contribution in [-0.4, -0.2) is 45.3 Å². The molecule has 1 aliphatic carbocycles. The van der Waals surface area contributed by atoms with E-state index in [2.05, 4.69) is 42.4 Å². The number of para-hydroxylation sites is 1. The Kier molecular flexibility index (Phi) is 9.17. The topological polar surface area (TPSA) is 87.5 Å². The number of hydrogen-bond acceptors (Lipinski definition) is 4. The molecule has 1 amide bonds. The molecule has 1 unspecified atom stereocenters. The molecule has 1 aromatic heterocycles. The summed E-state index contributed by atoms with van der Waals surface area (Å²) in [5, 5.41) is 17.9. The highest BCUT2D eigenvalue weighted by Gasteiger charge is 2.30. The highest BCUT2D eigenvalue weighted by Crippen LogP contribution is 2.41. The van der Waals surface area contributed by atoms with Crippen LogP contribution in [0.2, 0.25) is 0 Å². The van der Waals surface area contributed by atoms with Crippen molar-refractivity contribution in [2.75, 3.05) is 18.9 Å². The number of carbonyl (C=O) groups is 2. The lowest BCUT2D eigenvalue weighted by Gasteiger charge is -2.32. The van der Waals surface area contributed by atoms with Crippen LogP contribution in [0.5, 0.6) is 0 Å². The molecule has 0 bridgehead atoms. The van der Waals surface area contributed by atoms with E-state index in [1.807, 2.05) is 53.2 Å². The molecule has 3 aromatic carbocycles. The number of aromatic nitrogens is 2. The zero-order valence-corrected chi connectivity index (χ0v) is 24.1. The molecular weight excluding hydrogens is 524 g/mol. The second kappa shape index (κ2) is 13.3. The highest BCUT2D eigenvalue weighted by molar-refractivity contribution is 5.94. The van der Waals surface area contributed by atoms with Gasteiger partial charge >= 0.3 is 5.97 Å². The minimum Gasteiger partial charge on any atom is -0.481 e. The van der Waals surface area contributed by atoms with E-state index in [0.717, 1.165) is 46.6 Å². The first-order chi connectivity index (χ1) is 20.4. The van der Waals surface area contributed by atoms with Crippen molar-refractivity contribution in [3.8, 4) is 16.9 Å². The van der Waals surface area contributed by atoms with Crippen LogP contribution in [0.1, 0.15) is 66.1 Å². The summed E-state index contributed by atoms with van der Waals surface area (Å²) in [7, 11) is 1.63. The molecule has 0 radical (unpaired) electrons. The summed E-state index contributed by atoms with van der Waals surface area (Å²) in [6.07, 6.45) is 9.86. The van der Waals surface area contributed by atoms with Crippen LogP contribution >= 0.6 is 0 Å². The molecule has 7 heteroatoms. The standard InChI is InChI=1S/C35H38N4O3/c1-3-25-12-10-11-17-30(25)34-31(24-39(37-34)29-15-8-5-9-16-29)33(26-13-6-4-7-14-26)36-28-20-18-27(19-21-28)35(42)38(2)23-22-32(40)41/h3,5,8-12,15-21,24,26,33,36H,1,4,6-7,13-14,22-23H2,2H3,(H,40,41). The smallest absolute Gasteiger partial charge is 0.305 e. The average Bonchev–Trinajstić information content (AvgIpc) is 3.48. The van der Waals surface area contributed by atoms with Crippen molar-refractivity contribution in [3.63, 3.8) is 0 Å². The van der Waals surface area contributed by atoms with Gasteiger partial charge in [-0.15, -0.1) is 0 Å². The SMILES string of the molecule is C=Cc1ccccc1-c1nn(-c2ccccc2)cc1C(Nc1ccc(C(=O)N(C)CCC(=O)O)cc1)C1CCCCC1. The monoisotopic (exact) mass is 562 g/mol. The van der Waals surface area contributed by atoms with Gasteiger partial charge in [0.2, 0.25) is 0 Å². The summed E-state index contributed by atoms with van der Waals surface area (Å²) < 4.78 is 1.97. The van der Waals surface area contributed by atoms with Crippen molar-refractivity contribution >= 4 is 23.6 Å². The van der Waals surface area contributed by atoms with Crippen LogP contribution in [-0.2, 0) is 4.79 Å². The van der Waals surface area contributed by atoms with Gasteiger partial charge in [-0.25, -0.2) is 4.68 Å². The third kappa shape index (κ3) is 6.62. The molecule has 4 aromatic rings. The van der Waals surface area contributed by atoms with Crippen LogP contribution in [0.25, 0.3) is 23.0 Å². The third-order valence-electron chi connectivity index (χ3n) is 8.12. The van der Waals surface area contributed by atoms with E-state index in [0.29, 0.717) is 11.5 Å². The van der Waals surface area contributed by atoms with E-state index in [1.165, 1.54) is 24.2 Å². The maximum absolute atomic E-state index is 12.9. The fourth-order valence-electron chi connectivity index (χ4n) is 5.82. The summed E-state index contributed by atoms with van der Waals surface area (Å²) in [5.41, 5.74) is 6.60. The van der Waals surface area contributed by atoms with Crippen LogP contribution in [0.4, 0.5) is 5.69 Å².